The number of ether oxygens (including phenoxy) is 4. The molecule has 9 heteroatoms. The highest BCUT2D eigenvalue weighted by Crippen LogP contribution is 2.42. The van der Waals surface area contributed by atoms with Gasteiger partial charge in [0, 0.05) is 35.2 Å². The van der Waals surface area contributed by atoms with Crippen LogP contribution in [0.15, 0.2) is 77.2 Å². The van der Waals surface area contributed by atoms with E-state index in [2.05, 4.69) is 58.5 Å². The first kappa shape index (κ1) is 32.4. The van der Waals surface area contributed by atoms with Crippen molar-refractivity contribution >= 4 is 22.6 Å². The van der Waals surface area contributed by atoms with Crippen molar-refractivity contribution in [3.05, 3.63) is 89.3 Å². The third-order valence-corrected chi connectivity index (χ3v) is 7.84. The predicted octanol–water partition coefficient (Wildman–Crippen LogP) is 5.57. The molecule has 0 bridgehead atoms. The Kier molecular flexibility index (Phi) is 10.4. The maximum absolute atomic E-state index is 12.0. The van der Waals surface area contributed by atoms with E-state index in [1.165, 1.54) is 7.11 Å². The number of rotatable bonds is 13. The van der Waals surface area contributed by atoms with E-state index in [1.807, 2.05) is 57.5 Å². The van der Waals surface area contributed by atoms with Gasteiger partial charge in [0.1, 0.15) is 62.4 Å². The van der Waals surface area contributed by atoms with Gasteiger partial charge in [0.2, 0.25) is 5.36 Å². The minimum atomic E-state index is -0.376. The largest absolute Gasteiger partial charge is 0.497 e. The van der Waals surface area contributed by atoms with Gasteiger partial charge in [0.25, 0.3) is 0 Å². The SMILES string of the molecule is CCc1ccc(OC)cc1OCCOc1cc(-c2c3ccc(=[N+](C)C)cc-3oc3cc(CNC)ccc23)ccc1NCC(=O)OC. The molecule has 0 fully saturated rings. The van der Waals surface area contributed by atoms with E-state index in [9.17, 15) is 4.79 Å². The zero-order valence-corrected chi connectivity index (χ0v) is 27.4. The number of nitrogens with zero attached hydrogens (tertiary/aromatic N) is 1. The van der Waals surface area contributed by atoms with Crippen LogP contribution in [0, 0.1) is 0 Å². The quantitative estimate of drug-likeness (QED) is 0.0761. The van der Waals surface area contributed by atoms with E-state index in [4.69, 9.17) is 23.4 Å². The van der Waals surface area contributed by atoms with Crippen molar-refractivity contribution in [2.75, 3.05) is 60.4 Å². The Hall–Kier alpha value is -5.02. The van der Waals surface area contributed by atoms with E-state index in [0.717, 1.165) is 74.4 Å². The molecule has 1 aliphatic heterocycles. The third kappa shape index (κ3) is 7.26. The molecule has 1 heterocycles. The summed E-state index contributed by atoms with van der Waals surface area (Å²) in [4.78, 5) is 12.0. The second-order valence-corrected chi connectivity index (χ2v) is 11.1. The molecule has 3 aromatic carbocycles. The highest BCUT2D eigenvalue weighted by Gasteiger charge is 2.20. The van der Waals surface area contributed by atoms with Crippen LogP contribution < -0.4 is 34.8 Å². The summed E-state index contributed by atoms with van der Waals surface area (Å²) in [6, 6.07) is 24.3. The number of aryl methyl sites for hydroxylation is 1. The molecular weight excluding hydrogens is 582 g/mol. The van der Waals surface area contributed by atoms with Gasteiger partial charge in [-0.3, -0.25) is 4.79 Å². The number of nitrogens with one attached hydrogen (secondary N) is 2. The molecule has 0 amide bonds. The second-order valence-electron chi connectivity index (χ2n) is 11.1. The van der Waals surface area contributed by atoms with Crippen molar-refractivity contribution in [3.8, 4) is 39.7 Å². The Bertz CT molecular complexity index is 1880. The number of carbonyl (C=O) groups is 1. The Labute approximate surface area is 269 Å². The molecule has 3 aromatic rings. The molecule has 0 aromatic heterocycles. The van der Waals surface area contributed by atoms with Crippen LogP contribution in [-0.4, -0.2) is 61.1 Å². The average molecular weight is 625 g/mol. The Morgan fingerprint density at radius 1 is 0.891 bits per heavy atom. The van der Waals surface area contributed by atoms with Crippen molar-refractivity contribution in [2.24, 2.45) is 0 Å². The maximum atomic E-state index is 12.0. The molecular formula is C37H42N3O6+. The molecule has 0 unspecified atom stereocenters. The smallest absolute Gasteiger partial charge is 0.325 e. The molecule has 0 saturated carbocycles. The monoisotopic (exact) mass is 624 g/mol. The van der Waals surface area contributed by atoms with Crippen LogP contribution in [0.5, 0.6) is 17.2 Å². The normalized spacial score (nSPS) is 11.0. The van der Waals surface area contributed by atoms with E-state index in [-0.39, 0.29) is 19.1 Å². The fourth-order valence-electron chi connectivity index (χ4n) is 5.40. The summed E-state index contributed by atoms with van der Waals surface area (Å²) in [7, 11) is 8.96. The highest BCUT2D eigenvalue weighted by atomic mass is 16.5. The number of esters is 1. The molecule has 5 rings (SSSR count). The minimum absolute atomic E-state index is 0.00398. The number of hydrogen-bond donors (Lipinski definition) is 2. The lowest BCUT2D eigenvalue weighted by Crippen LogP contribution is -2.21. The minimum Gasteiger partial charge on any atom is -0.497 e. The number of fused-ring (bicyclic) bond motifs is 2. The van der Waals surface area contributed by atoms with E-state index < -0.39 is 0 Å². The lowest BCUT2D eigenvalue weighted by atomic mass is 9.93. The Balaban J connectivity index is 1.54. The van der Waals surface area contributed by atoms with Gasteiger partial charge in [-0.1, -0.05) is 31.2 Å². The molecule has 2 N–H and O–H groups in total. The van der Waals surface area contributed by atoms with Crippen molar-refractivity contribution in [3.63, 3.8) is 0 Å². The van der Waals surface area contributed by atoms with Gasteiger partial charge < -0.3 is 34.0 Å². The number of carbonyl (C=O) groups excluding carboxylic acids is 1. The molecule has 2 aliphatic rings. The lowest BCUT2D eigenvalue weighted by molar-refractivity contribution is -0.138. The zero-order valence-electron chi connectivity index (χ0n) is 27.4. The first-order valence-corrected chi connectivity index (χ1v) is 15.4. The molecule has 1 aliphatic carbocycles. The van der Waals surface area contributed by atoms with Crippen molar-refractivity contribution < 1.29 is 28.2 Å². The molecule has 0 spiro atoms. The first-order chi connectivity index (χ1) is 22.3. The third-order valence-electron chi connectivity index (χ3n) is 7.84. The maximum Gasteiger partial charge on any atom is 0.325 e. The summed E-state index contributed by atoms with van der Waals surface area (Å²) in [6.07, 6.45) is 0.835. The van der Waals surface area contributed by atoms with Crippen molar-refractivity contribution in [1.29, 1.82) is 0 Å². The van der Waals surface area contributed by atoms with E-state index >= 15 is 0 Å². The van der Waals surface area contributed by atoms with Gasteiger partial charge in [0.05, 0.1) is 26.0 Å². The summed E-state index contributed by atoms with van der Waals surface area (Å²) in [5, 5.41) is 8.41. The van der Waals surface area contributed by atoms with Gasteiger partial charge in [-0.05, 0) is 60.5 Å². The van der Waals surface area contributed by atoms with Gasteiger partial charge in [-0.15, -0.1) is 0 Å². The van der Waals surface area contributed by atoms with Crippen molar-refractivity contribution in [1.82, 2.24) is 9.89 Å². The fourth-order valence-corrected chi connectivity index (χ4v) is 5.40. The average Bonchev–Trinajstić information content (AvgIpc) is 3.07. The molecule has 46 heavy (non-hydrogen) atoms. The second kappa shape index (κ2) is 14.8. The van der Waals surface area contributed by atoms with E-state index in [1.54, 1.807) is 7.11 Å². The number of benzene rings is 4. The summed E-state index contributed by atoms with van der Waals surface area (Å²) >= 11 is 0. The molecule has 9 nitrogen and oxygen atoms in total. The number of anilines is 1. The van der Waals surface area contributed by atoms with Crippen LogP contribution in [0.3, 0.4) is 0 Å². The van der Waals surface area contributed by atoms with Gasteiger partial charge in [-0.25, -0.2) is 4.58 Å². The molecule has 0 saturated heterocycles. The summed E-state index contributed by atoms with van der Waals surface area (Å²) in [5.41, 5.74) is 6.64. The summed E-state index contributed by atoms with van der Waals surface area (Å²) in [6.45, 7) is 3.42. The topological polar surface area (TPSA) is 94.2 Å². The molecule has 0 radical (unpaired) electrons. The molecule has 240 valence electrons. The predicted molar refractivity (Wildman–Crippen MR) is 182 cm³/mol. The van der Waals surface area contributed by atoms with Gasteiger partial charge in [0.15, 0.2) is 0 Å². The Morgan fingerprint density at radius 2 is 1.70 bits per heavy atom. The highest BCUT2D eigenvalue weighted by molar-refractivity contribution is 6.02. The number of methoxy groups -OCH3 is 2. The van der Waals surface area contributed by atoms with Gasteiger partial charge >= 0.3 is 5.97 Å². The number of hydrogen-bond acceptors (Lipinski definition) is 8. The lowest BCUT2D eigenvalue weighted by Gasteiger charge is -2.19. The van der Waals surface area contributed by atoms with Crippen LogP contribution in [0.25, 0.3) is 33.4 Å². The van der Waals surface area contributed by atoms with Crippen LogP contribution in [0.2, 0.25) is 0 Å². The standard InChI is InChI=1S/C37H41N3O6/c1-7-25-9-12-28(42-5)21-32(25)44-16-17-45-35-19-26(10-15-31(35)39-23-36(41)43-6)37-29-13-8-24(22-38-2)18-33(29)46-34-20-27(40(3)4)11-14-30(34)37/h8-15,18-21,38H,7,16-17,22-23H2,1-6H3/p+1. The van der Waals surface area contributed by atoms with Crippen LogP contribution in [0.4, 0.5) is 5.69 Å². The summed E-state index contributed by atoms with van der Waals surface area (Å²) < 4.78 is 31.2. The first-order valence-electron chi connectivity index (χ1n) is 15.4. The Morgan fingerprint density at radius 3 is 2.41 bits per heavy atom. The van der Waals surface area contributed by atoms with Crippen LogP contribution in [-0.2, 0) is 22.5 Å². The van der Waals surface area contributed by atoms with Crippen LogP contribution >= 0.6 is 0 Å². The van der Waals surface area contributed by atoms with Gasteiger partial charge in [-0.2, -0.15) is 0 Å². The van der Waals surface area contributed by atoms with E-state index in [0.29, 0.717) is 18.0 Å². The van der Waals surface area contributed by atoms with Crippen LogP contribution in [0.1, 0.15) is 18.1 Å². The fraction of sp³-hybridized carbons (Fsp3) is 0.297. The zero-order chi connectivity index (χ0) is 32.6. The van der Waals surface area contributed by atoms with Crippen molar-refractivity contribution in [2.45, 2.75) is 19.9 Å². The molecule has 0 atom stereocenters. The summed E-state index contributed by atoms with van der Waals surface area (Å²) in [5.74, 6) is 2.50.